The highest BCUT2D eigenvalue weighted by Crippen LogP contribution is 2.15. The molecule has 120 valence electrons. The van der Waals surface area contributed by atoms with E-state index in [9.17, 15) is 9.59 Å². The Balaban J connectivity index is 1.67. The summed E-state index contributed by atoms with van der Waals surface area (Å²) in [4.78, 5) is 31.7. The standard InChI is InChI=1S/C17H14N4O3/c22-16(9-11-1-3-12(4-2-11)17(23)21-24)20-13-5-6-14-15(10-13)19-8-7-18-14/h1-8,10,24H,9H2,(H,20,22)(H,21,23). The fourth-order valence-electron chi connectivity index (χ4n) is 2.27. The van der Waals surface area contributed by atoms with E-state index in [1.165, 1.54) is 0 Å². The van der Waals surface area contributed by atoms with Crippen molar-refractivity contribution in [2.24, 2.45) is 0 Å². The van der Waals surface area contributed by atoms with Crippen LogP contribution in [0, 0.1) is 0 Å². The summed E-state index contributed by atoms with van der Waals surface area (Å²) in [6, 6.07) is 11.7. The number of hydrogen-bond acceptors (Lipinski definition) is 5. The number of amides is 2. The van der Waals surface area contributed by atoms with Gasteiger partial charge >= 0.3 is 0 Å². The highest BCUT2D eigenvalue weighted by atomic mass is 16.5. The van der Waals surface area contributed by atoms with Crippen LogP contribution in [0.5, 0.6) is 0 Å². The van der Waals surface area contributed by atoms with Crippen LogP contribution >= 0.6 is 0 Å². The lowest BCUT2D eigenvalue weighted by Crippen LogP contribution is -2.18. The van der Waals surface area contributed by atoms with Crippen LogP contribution in [-0.4, -0.2) is 27.0 Å². The summed E-state index contributed by atoms with van der Waals surface area (Å²) in [5.74, 6) is -0.777. The summed E-state index contributed by atoms with van der Waals surface area (Å²) in [6.07, 6.45) is 3.37. The molecule has 7 nitrogen and oxygen atoms in total. The fraction of sp³-hybridized carbons (Fsp3) is 0.0588. The van der Waals surface area contributed by atoms with E-state index in [4.69, 9.17) is 5.21 Å². The molecule has 0 aliphatic heterocycles. The summed E-state index contributed by atoms with van der Waals surface area (Å²) < 4.78 is 0. The Morgan fingerprint density at radius 1 is 0.958 bits per heavy atom. The Morgan fingerprint density at radius 2 is 1.67 bits per heavy atom. The first-order valence-corrected chi connectivity index (χ1v) is 7.20. The van der Waals surface area contributed by atoms with Gasteiger partial charge in [-0.15, -0.1) is 0 Å². The maximum Gasteiger partial charge on any atom is 0.274 e. The van der Waals surface area contributed by atoms with Gasteiger partial charge < -0.3 is 5.32 Å². The average Bonchev–Trinajstić information content (AvgIpc) is 2.61. The number of nitrogens with zero attached hydrogens (tertiary/aromatic N) is 2. The number of hydrogen-bond donors (Lipinski definition) is 3. The van der Waals surface area contributed by atoms with E-state index in [0.29, 0.717) is 16.8 Å². The van der Waals surface area contributed by atoms with E-state index in [1.54, 1.807) is 60.3 Å². The maximum atomic E-state index is 12.1. The van der Waals surface area contributed by atoms with Gasteiger partial charge in [0, 0.05) is 23.6 Å². The number of nitrogens with one attached hydrogen (secondary N) is 2. The summed E-state index contributed by atoms with van der Waals surface area (Å²) in [7, 11) is 0. The molecule has 0 fully saturated rings. The molecule has 0 bridgehead atoms. The van der Waals surface area contributed by atoms with Gasteiger partial charge in [-0.25, -0.2) is 5.48 Å². The second-order valence-corrected chi connectivity index (χ2v) is 5.12. The summed E-state index contributed by atoms with van der Waals surface area (Å²) in [6.45, 7) is 0. The minimum Gasteiger partial charge on any atom is -0.326 e. The SMILES string of the molecule is O=C(Cc1ccc(C(=O)NO)cc1)Nc1ccc2nccnc2c1. The van der Waals surface area contributed by atoms with Crippen LogP contribution in [0.2, 0.25) is 0 Å². The maximum absolute atomic E-state index is 12.1. The molecule has 0 unspecified atom stereocenters. The van der Waals surface area contributed by atoms with Crippen LogP contribution in [0.15, 0.2) is 54.9 Å². The molecule has 2 aromatic carbocycles. The predicted molar refractivity (Wildman–Crippen MR) is 87.6 cm³/mol. The minimum atomic E-state index is -0.594. The van der Waals surface area contributed by atoms with Crippen molar-refractivity contribution in [3.8, 4) is 0 Å². The lowest BCUT2D eigenvalue weighted by molar-refractivity contribution is -0.115. The summed E-state index contributed by atoms with van der Waals surface area (Å²) >= 11 is 0. The van der Waals surface area contributed by atoms with Crippen LogP contribution < -0.4 is 10.8 Å². The van der Waals surface area contributed by atoms with Crippen LogP contribution in [0.4, 0.5) is 5.69 Å². The van der Waals surface area contributed by atoms with Gasteiger partial charge in [0.05, 0.1) is 17.5 Å². The molecule has 3 rings (SSSR count). The van der Waals surface area contributed by atoms with E-state index >= 15 is 0 Å². The zero-order chi connectivity index (χ0) is 16.9. The van der Waals surface area contributed by atoms with Crippen molar-refractivity contribution >= 4 is 28.5 Å². The van der Waals surface area contributed by atoms with E-state index in [-0.39, 0.29) is 12.3 Å². The second kappa shape index (κ2) is 6.84. The third-order valence-corrected chi connectivity index (χ3v) is 3.44. The molecule has 1 aromatic heterocycles. The van der Waals surface area contributed by atoms with Crippen LogP contribution in [-0.2, 0) is 11.2 Å². The predicted octanol–water partition coefficient (Wildman–Crippen LogP) is 1.93. The van der Waals surface area contributed by atoms with Crippen molar-refractivity contribution < 1.29 is 14.8 Å². The van der Waals surface area contributed by atoms with Gasteiger partial charge in [0.25, 0.3) is 5.91 Å². The van der Waals surface area contributed by atoms with Crippen molar-refractivity contribution in [2.45, 2.75) is 6.42 Å². The quantitative estimate of drug-likeness (QED) is 0.503. The molecular weight excluding hydrogens is 308 g/mol. The lowest BCUT2D eigenvalue weighted by atomic mass is 10.1. The van der Waals surface area contributed by atoms with E-state index in [1.807, 2.05) is 0 Å². The first kappa shape index (κ1) is 15.6. The van der Waals surface area contributed by atoms with Crippen molar-refractivity contribution in [1.29, 1.82) is 0 Å². The smallest absolute Gasteiger partial charge is 0.274 e. The number of carbonyl (C=O) groups is 2. The molecule has 3 N–H and O–H groups in total. The topological polar surface area (TPSA) is 104 Å². The third kappa shape index (κ3) is 3.53. The zero-order valence-corrected chi connectivity index (χ0v) is 12.6. The van der Waals surface area contributed by atoms with Crippen molar-refractivity contribution in [2.75, 3.05) is 5.32 Å². The Kier molecular flexibility index (Phi) is 4.44. The number of benzene rings is 2. The van der Waals surface area contributed by atoms with Gasteiger partial charge in [-0.2, -0.15) is 0 Å². The third-order valence-electron chi connectivity index (χ3n) is 3.44. The molecule has 1 heterocycles. The highest BCUT2D eigenvalue weighted by molar-refractivity contribution is 5.95. The number of fused-ring (bicyclic) bond motifs is 1. The first-order chi connectivity index (χ1) is 11.7. The van der Waals surface area contributed by atoms with Gasteiger partial charge in [0.2, 0.25) is 5.91 Å². The molecule has 0 saturated carbocycles. The van der Waals surface area contributed by atoms with Crippen LogP contribution in [0.25, 0.3) is 11.0 Å². The number of aromatic nitrogens is 2. The molecule has 0 spiro atoms. The van der Waals surface area contributed by atoms with Crippen molar-refractivity contribution in [3.05, 3.63) is 66.0 Å². The summed E-state index contributed by atoms with van der Waals surface area (Å²) in [5, 5.41) is 11.4. The molecule has 0 aliphatic carbocycles. The van der Waals surface area contributed by atoms with Gasteiger partial charge in [0.15, 0.2) is 0 Å². The Labute approximate surface area is 137 Å². The largest absolute Gasteiger partial charge is 0.326 e. The van der Waals surface area contributed by atoms with Crippen LogP contribution in [0.3, 0.4) is 0 Å². The van der Waals surface area contributed by atoms with Gasteiger partial charge in [-0.05, 0) is 35.9 Å². The first-order valence-electron chi connectivity index (χ1n) is 7.20. The molecule has 2 amide bonds. The zero-order valence-electron chi connectivity index (χ0n) is 12.6. The molecule has 0 radical (unpaired) electrons. The van der Waals surface area contributed by atoms with Gasteiger partial charge in [-0.1, -0.05) is 12.1 Å². The molecule has 24 heavy (non-hydrogen) atoms. The Bertz CT molecular complexity index is 894. The molecule has 3 aromatic rings. The molecule has 0 atom stereocenters. The Hall–Kier alpha value is -3.32. The second-order valence-electron chi connectivity index (χ2n) is 5.12. The average molecular weight is 322 g/mol. The number of hydroxylamine groups is 1. The summed E-state index contributed by atoms with van der Waals surface area (Å²) in [5.41, 5.74) is 4.73. The normalized spacial score (nSPS) is 10.4. The highest BCUT2D eigenvalue weighted by Gasteiger charge is 2.07. The molecule has 7 heteroatoms. The lowest BCUT2D eigenvalue weighted by Gasteiger charge is -2.07. The molecular formula is C17H14N4O3. The van der Waals surface area contributed by atoms with Crippen LogP contribution in [0.1, 0.15) is 15.9 Å². The molecule has 0 aliphatic rings. The van der Waals surface area contributed by atoms with E-state index in [0.717, 1.165) is 11.1 Å². The van der Waals surface area contributed by atoms with E-state index in [2.05, 4.69) is 15.3 Å². The van der Waals surface area contributed by atoms with Gasteiger partial charge in [0.1, 0.15) is 0 Å². The van der Waals surface area contributed by atoms with E-state index < -0.39 is 5.91 Å². The monoisotopic (exact) mass is 322 g/mol. The number of anilines is 1. The number of carbonyl (C=O) groups excluding carboxylic acids is 2. The Morgan fingerprint density at radius 3 is 2.38 bits per heavy atom. The van der Waals surface area contributed by atoms with Gasteiger partial charge in [-0.3, -0.25) is 24.8 Å². The van der Waals surface area contributed by atoms with Crippen molar-refractivity contribution in [3.63, 3.8) is 0 Å². The molecule has 0 saturated heterocycles. The fourth-order valence-corrected chi connectivity index (χ4v) is 2.27. The number of rotatable bonds is 4. The minimum absolute atomic E-state index is 0.166. The van der Waals surface area contributed by atoms with Crippen molar-refractivity contribution in [1.82, 2.24) is 15.4 Å².